The van der Waals surface area contributed by atoms with Crippen LogP contribution in [0, 0.1) is 5.92 Å². The average Bonchev–Trinajstić information content (AvgIpc) is 2.51. The van der Waals surface area contributed by atoms with E-state index in [4.69, 9.17) is 15.3 Å². The van der Waals surface area contributed by atoms with E-state index in [1.54, 1.807) is 0 Å². The lowest BCUT2D eigenvalue weighted by Gasteiger charge is -2.48. The molecule has 1 spiro atoms. The van der Waals surface area contributed by atoms with Gasteiger partial charge in [-0.25, -0.2) is 0 Å². The topological polar surface area (TPSA) is 59.8 Å². The van der Waals surface area contributed by atoms with Crippen LogP contribution in [-0.2, 0) is 9.47 Å². The summed E-state index contributed by atoms with van der Waals surface area (Å²) in [4.78, 5) is 2.48. The highest BCUT2D eigenvalue weighted by Crippen LogP contribution is 2.39. The molecule has 122 valence electrons. The number of ether oxygens (including phenoxy) is 2. The molecular formula is C15H29N3O2S. The summed E-state index contributed by atoms with van der Waals surface area (Å²) < 4.78 is 11.7. The maximum atomic E-state index is 6.18. The van der Waals surface area contributed by atoms with Gasteiger partial charge < -0.3 is 14.4 Å². The average molecular weight is 315 g/mol. The second-order valence-electron chi connectivity index (χ2n) is 6.71. The van der Waals surface area contributed by atoms with E-state index in [2.05, 4.69) is 29.1 Å². The van der Waals surface area contributed by atoms with Gasteiger partial charge in [0.05, 0.1) is 5.60 Å². The number of nitrogens with one attached hydrogen (secondary N) is 1. The van der Waals surface area contributed by atoms with Crippen molar-refractivity contribution in [2.24, 2.45) is 11.8 Å². The second-order valence-corrected chi connectivity index (χ2v) is 7.86. The molecule has 3 unspecified atom stereocenters. The van der Waals surface area contributed by atoms with Crippen molar-refractivity contribution in [3.8, 4) is 0 Å². The minimum atomic E-state index is 0.0522. The van der Waals surface area contributed by atoms with Crippen LogP contribution in [0.3, 0.4) is 0 Å². The number of nitrogens with zero attached hydrogens (tertiary/aromatic N) is 1. The van der Waals surface area contributed by atoms with Gasteiger partial charge in [-0.15, -0.1) is 0 Å². The minimum absolute atomic E-state index is 0.0522. The van der Waals surface area contributed by atoms with Gasteiger partial charge in [0, 0.05) is 50.0 Å². The Balaban J connectivity index is 1.68. The highest BCUT2D eigenvalue weighted by molar-refractivity contribution is 7.99. The summed E-state index contributed by atoms with van der Waals surface area (Å²) in [7, 11) is 2.23. The van der Waals surface area contributed by atoms with E-state index >= 15 is 0 Å². The third-order valence-corrected chi connectivity index (χ3v) is 6.54. The quantitative estimate of drug-likeness (QED) is 0.594. The maximum absolute atomic E-state index is 6.18. The Labute approximate surface area is 132 Å². The van der Waals surface area contributed by atoms with E-state index in [1.165, 1.54) is 11.5 Å². The standard InChI is InChI=1S/C15H29N3O2S/c1-18-5-9-21-11-13(18)14(17-16)12-2-6-20-15(10-12)3-7-19-8-4-15/h12-14,17H,2-11,16H2,1H3. The first-order valence-electron chi connectivity index (χ1n) is 8.20. The summed E-state index contributed by atoms with van der Waals surface area (Å²) in [6.07, 6.45) is 4.32. The predicted molar refractivity (Wildman–Crippen MR) is 86.3 cm³/mol. The first kappa shape index (κ1) is 16.0. The molecule has 3 heterocycles. The van der Waals surface area contributed by atoms with Gasteiger partial charge in [-0.05, 0) is 38.6 Å². The fourth-order valence-electron chi connectivity index (χ4n) is 4.11. The van der Waals surface area contributed by atoms with E-state index in [0.717, 1.165) is 52.0 Å². The van der Waals surface area contributed by atoms with Crippen LogP contribution >= 0.6 is 11.8 Å². The molecule has 3 saturated heterocycles. The first-order chi connectivity index (χ1) is 10.2. The Morgan fingerprint density at radius 3 is 2.86 bits per heavy atom. The number of likely N-dealkylation sites (N-methyl/N-ethyl adjacent to an activating group) is 1. The number of rotatable bonds is 3. The smallest absolute Gasteiger partial charge is 0.0729 e. The Morgan fingerprint density at radius 2 is 2.14 bits per heavy atom. The monoisotopic (exact) mass is 315 g/mol. The second kappa shape index (κ2) is 7.15. The summed E-state index contributed by atoms with van der Waals surface area (Å²) in [5.74, 6) is 8.98. The molecule has 0 aromatic heterocycles. The molecule has 3 aliphatic heterocycles. The van der Waals surface area contributed by atoms with Crippen molar-refractivity contribution >= 4 is 11.8 Å². The largest absolute Gasteiger partial charge is 0.381 e. The van der Waals surface area contributed by atoms with Gasteiger partial charge in [0.2, 0.25) is 0 Å². The van der Waals surface area contributed by atoms with Crippen molar-refractivity contribution in [1.29, 1.82) is 0 Å². The van der Waals surface area contributed by atoms with Gasteiger partial charge in [0.25, 0.3) is 0 Å². The van der Waals surface area contributed by atoms with E-state index in [9.17, 15) is 0 Å². The van der Waals surface area contributed by atoms with Crippen LogP contribution in [0.1, 0.15) is 25.7 Å². The van der Waals surface area contributed by atoms with E-state index in [0.29, 0.717) is 18.0 Å². The Kier molecular flexibility index (Phi) is 5.45. The van der Waals surface area contributed by atoms with Gasteiger partial charge in [-0.2, -0.15) is 11.8 Å². The van der Waals surface area contributed by atoms with Crippen LogP contribution in [0.2, 0.25) is 0 Å². The molecule has 5 nitrogen and oxygen atoms in total. The van der Waals surface area contributed by atoms with Crippen LogP contribution in [0.4, 0.5) is 0 Å². The molecule has 3 atom stereocenters. The van der Waals surface area contributed by atoms with Crippen LogP contribution in [0.15, 0.2) is 0 Å². The lowest BCUT2D eigenvalue weighted by atomic mass is 9.76. The normalized spacial score (nSPS) is 35.7. The van der Waals surface area contributed by atoms with Gasteiger partial charge >= 0.3 is 0 Å². The van der Waals surface area contributed by atoms with Gasteiger partial charge in [0.1, 0.15) is 0 Å². The summed E-state index contributed by atoms with van der Waals surface area (Å²) in [6.45, 7) is 3.71. The first-order valence-corrected chi connectivity index (χ1v) is 9.35. The van der Waals surface area contributed by atoms with Crippen molar-refractivity contribution in [1.82, 2.24) is 10.3 Å². The molecule has 0 aliphatic carbocycles. The van der Waals surface area contributed by atoms with E-state index in [1.807, 2.05) is 0 Å². The van der Waals surface area contributed by atoms with E-state index < -0.39 is 0 Å². The molecule has 6 heteroatoms. The van der Waals surface area contributed by atoms with Crippen LogP contribution in [-0.4, -0.2) is 67.5 Å². The zero-order valence-electron chi connectivity index (χ0n) is 13.1. The molecule has 0 aromatic rings. The molecule has 0 bridgehead atoms. The number of hydrogen-bond acceptors (Lipinski definition) is 6. The molecule has 3 rings (SSSR count). The molecule has 0 saturated carbocycles. The van der Waals surface area contributed by atoms with Crippen molar-refractivity contribution in [3.63, 3.8) is 0 Å². The zero-order valence-corrected chi connectivity index (χ0v) is 13.9. The number of hydrogen-bond donors (Lipinski definition) is 2. The summed E-state index contributed by atoms with van der Waals surface area (Å²) in [5, 5.41) is 0. The number of hydrazine groups is 1. The van der Waals surface area contributed by atoms with Crippen molar-refractivity contribution in [3.05, 3.63) is 0 Å². The molecular weight excluding hydrogens is 286 g/mol. The molecule has 0 amide bonds. The molecule has 0 aromatic carbocycles. The summed E-state index contributed by atoms with van der Waals surface area (Å²) >= 11 is 2.05. The van der Waals surface area contributed by atoms with Gasteiger partial charge in [0.15, 0.2) is 0 Å². The SMILES string of the molecule is CN1CCSCC1C(NN)C1CCOC2(CCOCC2)C1. The minimum Gasteiger partial charge on any atom is -0.381 e. The van der Waals surface area contributed by atoms with Crippen LogP contribution in [0.5, 0.6) is 0 Å². The highest BCUT2D eigenvalue weighted by Gasteiger charge is 2.43. The summed E-state index contributed by atoms with van der Waals surface area (Å²) in [5.41, 5.74) is 3.20. The Bertz CT molecular complexity index is 333. The lowest BCUT2D eigenvalue weighted by molar-refractivity contribution is -0.152. The van der Waals surface area contributed by atoms with Gasteiger partial charge in [-0.1, -0.05) is 0 Å². The number of thioether (sulfide) groups is 1. The third kappa shape index (κ3) is 3.57. The highest BCUT2D eigenvalue weighted by atomic mass is 32.2. The fourth-order valence-corrected chi connectivity index (χ4v) is 5.40. The molecule has 3 aliphatic rings. The Morgan fingerprint density at radius 1 is 1.33 bits per heavy atom. The molecule has 3 N–H and O–H groups in total. The molecule has 21 heavy (non-hydrogen) atoms. The zero-order chi connectivity index (χ0) is 14.7. The lowest BCUT2D eigenvalue weighted by Crippen LogP contribution is -2.60. The Hall–Kier alpha value is 0.150. The van der Waals surface area contributed by atoms with Crippen LogP contribution < -0.4 is 11.3 Å². The van der Waals surface area contributed by atoms with Crippen molar-refractivity contribution in [2.75, 3.05) is 44.9 Å². The predicted octanol–water partition coefficient (Wildman–Crippen LogP) is 0.841. The van der Waals surface area contributed by atoms with Crippen molar-refractivity contribution in [2.45, 2.75) is 43.4 Å². The maximum Gasteiger partial charge on any atom is 0.0729 e. The van der Waals surface area contributed by atoms with Gasteiger partial charge in [-0.3, -0.25) is 11.3 Å². The van der Waals surface area contributed by atoms with Crippen LogP contribution in [0.25, 0.3) is 0 Å². The van der Waals surface area contributed by atoms with Crippen molar-refractivity contribution < 1.29 is 9.47 Å². The molecule has 0 radical (unpaired) electrons. The number of nitrogens with two attached hydrogens (primary N) is 1. The fraction of sp³-hybridized carbons (Fsp3) is 1.00. The third-order valence-electron chi connectivity index (χ3n) is 5.49. The summed E-state index contributed by atoms with van der Waals surface area (Å²) in [6, 6.07) is 0.903. The van der Waals surface area contributed by atoms with E-state index in [-0.39, 0.29) is 5.60 Å². The molecule has 3 fully saturated rings.